The third-order valence-corrected chi connectivity index (χ3v) is 4.32. The number of aliphatic hydroxyl groups excluding tert-OH is 1. The second-order valence-electron chi connectivity index (χ2n) is 5.72. The van der Waals surface area contributed by atoms with Gasteiger partial charge < -0.3 is 15.3 Å². The molecule has 0 bridgehead atoms. The van der Waals surface area contributed by atoms with E-state index in [9.17, 15) is 9.90 Å². The van der Waals surface area contributed by atoms with Gasteiger partial charge in [0.05, 0.1) is 0 Å². The molecule has 2 atom stereocenters. The molecule has 0 saturated heterocycles. The Kier molecular flexibility index (Phi) is 2.56. The molecule has 4 rings (SSSR count). The SMILES string of the molecule is CC1Cc2ccccc2N1c1ccc2c(c1)NC(=O)C2O. The largest absolute Gasteiger partial charge is 0.378 e. The van der Waals surface area contributed by atoms with Crippen LogP contribution >= 0.6 is 0 Å². The van der Waals surface area contributed by atoms with E-state index in [0.29, 0.717) is 17.3 Å². The summed E-state index contributed by atoms with van der Waals surface area (Å²) in [5, 5.41) is 12.5. The van der Waals surface area contributed by atoms with Crippen LogP contribution in [-0.4, -0.2) is 17.1 Å². The first kappa shape index (κ1) is 12.4. The Labute approximate surface area is 123 Å². The average molecular weight is 280 g/mol. The third kappa shape index (κ3) is 1.76. The van der Waals surface area contributed by atoms with Gasteiger partial charge in [0.2, 0.25) is 0 Å². The van der Waals surface area contributed by atoms with Crippen LogP contribution in [0.4, 0.5) is 17.1 Å². The lowest BCUT2D eigenvalue weighted by Crippen LogP contribution is -2.23. The summed E-state index contributed by atoms with van der Waals surface area (Å²) in [5.74, 6) is -0.350. The lowest BCUT2D eigenvalue weighted by molar-refractivity contribution is -0.123. The van der Waals surface area contributed by atoms with Gasteiger partial charge in [-0.15, -0.1) is 0 Å². The van der Waals surface area contributed by atoms with Gasteiger partial charge in [-0.1, -0.05) is 24.3 Å². The first-order valence-electron chi connectivity index (χ1n) is 7.15. The van der Waals surface area contributed by atoms with Gasteiger partial charge >= 0.3 is 0 Å². The molecule has 0 aromatic heterocycles. The molecule has 2 aromatic carbocycles. The van der Waals surface area contributed by atoms with Crippen LogP contribution in [0.15, 0.2) is 42.5 Å². The van der Waals surface area contributed by atoms with Crippen molar-refractivity contribution >= 4 is 23.0 Å². The molecule has 2 aromatic rings. The number of nitrogens with one attached hydrogen (secondary N) is 1. The first-order chi connectivity index (χ1) is 10.1. The molecule has 4 heteroatoms. The number of hydrogen-bond donors (Lipinski definition) is 2. The van der Waals surface area contributed by atoms with Crippen molar-refractivity contribution in [3.8, 4) is 0 Å². The number of carbonyl (C=O) groups excluding carboxylic acids is 1. The minimum absolute atomic E-state index is 0.350. The first-order valence-corrected chi connectivity index (χ1v) is 7.15. The highest BCUT2D eigenvalue weighted by atomic mass is 16.3. The summed E-state index contributed by atoms with van der Waals surface area (Å²) in [6.07, 6.45) is -0.0280. The number of hydrogen-bond acceptors (Lipinski definition) is 3. The predicted molar refractivity (Wildman–Crippen MR) is 81.8 cm³/mol. The fraction of sp³-hybridized carbons (Fsp3) is 0.235. The van der Waals surface area contributed by atoms with Crippen molar-refractivity contribution < 1.29 is 9.90 Å². The molecule has 4 nitrogen and oxygen atoms in total. The van der Waals surface area contributed by atoms with Crippen molar-refractivity contribution in [3.63, 3.8) is 0 Å². The van der Waals surface area contributed by atoms with Crippen molar-refractivity contribution in [2.45, 2.75) is 25.5 Å². The molecule has 2 aliphatic rings. The number of aliphatic hydroxyl groups is 1. The fourth-order valence-corrected chi connectivity index (χ4v) is 3.34. The Morgan fingerprint density at radius 3 is 2.90 bits per heavy atom. The van der Waals surface area contributed by atoms with Gasteiger partial charge in [-0.2, -0.15) is 0 Å². The van der Waals surface area contributed by atoms with Gasteiger partial charge in [0.1, 0.15) is 0 Å². The molecule has 2 heterocycles. The van der Waals surface area contributed by atoms with Crippen LogP contribution in [0.2, 0.25) is 0 Å². The summed E-state index contributed by atoms with van der Waals surface area (Å²) in [6, 6.07) is 14.5. The minimum Gasteiger partial charge on any atom is -0.378 e. The van der Waals surface area contributed by atoms with Crippen molar-refractivity contribution in [1.82, 2.24) is 0 Å². The molecule has 0 aliphatic carbocycles. The highest BCUT2D eigenvalue weighted by Crippen LogP contribution is 2.41. The van der Waals surface area contributed by atoms with Gasteiger partial charge in [-0.05, 0) is 37.1 Å². The zero-order valence-corrected chi connectivity index (χ0v) is 11.7. The van der Waals surface area contributed by atoms with Crippen LogP contribution in [0.3, 0.4) is 0 Å². The molecule has 1 amide bonds. The Hall–Kier alpha value is -2.33. The van der Waals surface area contributed by atoms with E-state index >= 15 is 0 Å². The molecule has 2 unspecified atom stereocenters. The summed E-state index contributed by atoms with van der Waals surface area (Å²) >= 11 is 0. The molecule has 0 saturated carbocycles. The maximum absolute atomic E-state index is 11.6. The number of carbonyl (C=O) groups is 1. The van der Waals surface area contributed by atoms with E-state index in [-0.39, 0.29) is 5.91 Å². The lowest BCUT2D eigenvalue weighted by Gasteiger charge is -2.25. The highest BCUT2D eigenvalue weighted by molar-refractivity contribution is 6.02. The van der Waals surface area contributed by atoms with Crippen LogP contribution in [0.25, 0.3) is 0 Å². The number of para-hydroxylation sites is 1. The van der Waals surface area contributed by atoms with Gasteiger partial charge in [-0.3, -0.25) is 4.79 Å². The molecular formula is C17H16N2O2. The second kappa shape index (κ2) is 4.33. The lowest BCUT2D eigenvalue weighted by atomic mass is 10.1. The summed E-state index contributed by atoms with van der Waals surface area (Å²) < 4.78 is 0. The van der Waals surface area contributed by atoms with Crippen LogP contribution in [0.1, 0.15) is 24.2 Å². The number of benzene rings is 2. The minimum atomic E-state index is -1.04. The van der Waals surface area contributed by atoms with E-state index < -0.39 is 6.10 Å². The maximum Gasteiger partial charge on any atom is 0.257 e. The fourth-order valence-electron chi connectivity index (χ4n) is 3.34. The van der Waals surface area contributed by atoms with Gasteiger partial charge in [-0.25, -0.2) is 0 Å². The van der Waals surface area contributed by atoms with Crippen molar-refractivity contribution in [1.29, 1.82) is 0 Å². The third-order valence-electron chi connectivity index (χ3n) is 4.32. The average Bonchev–Trinajstić information content (AvgIpc) is 2.95. The highest BCUT2D eigenvalue weighted by Gasteiger charge is 2.31. The summed E-state index contributed by atoms with van der Waals surface area (Å²) in [7, 11) is 0. The molecule has 106 valence electrons. The Balaban J connectivity index is 1.79. The van der Waals surface area contributed by atoms with Crippen molar-refractivity contribution in [2.24, 2.45) is 0 Å². The van der Waals surface area contributed by atoms with Crippen LogP contribution in [0.5, 0.6) is 0 Å². The predicted octanol–water partition coefficient (Wildman–Crippen LogP) is 2.75. The molecule has 0 spiro atoms. The Bertz CT molecular complexity index is 741. The molecule has 2 N–H and O–H groups in total. The number of nitrogens with zero attached hydrogens (tertiary/aromatic N) is 1. The summed E-state index contributed by atoms with van der Waals surface area (Å²) in [6.45, 7) is 2.20. The van der Waals surface area contributed by atoms with E-state index in [4.69, 9.17) is 0 Å². The Morgan fingerprint density at radius 2 is 2.05 bits per heavy atom. The second-order valence-corrected chi connectivity index (χ2v) is 5.72. The van der Waals surface area contributed by atoms with E-state index in [2.05, 4.69) is 35.3 Å². The van der Waals surface area contributed by atoms with Crippen molar-refractivity contribution in [3.05, 3.63) is 53.6 Å². The van der Waals surface area contributed by atoms with Crippen LogP contribution in [0, 0.1) is 0 Å². The standard InChI is InChI=1S/C17H16N2O2/c1-10-8-11-4-2-3-5-15(11)19(10)12-6-7-13-14(9-12)18-17(21)16(13)20/h2-7,9-10,16,20H,8H2,1H3,(H,18,21). The topological polar surface area (TPSA) is 52.6 Å². The number of rotatable bonds is 1. The number of amides is 1. The number of fused-ring (bicyclic) bond motifs is 2. The van der Waals surface area contributed by atoms with E-state index in [1.807, 2.05) is 24.3 Å². The smallest absolute Gasteiger partial charge is 0.257 e. The summed E-state index contributed by atoms with van der Waals surface area (Å²) in [4.78, 5) is 13.8. The zero-order valence-electron chi connectivity index (χ0n) is 11.7. The summed E-state index contributed by atoms with van der Waals surface area (Å²) in [5.41, 5.74) is 4.97. The monoisotopic (exact) mass is 280 g/mol. The molecule has 21 heavy (non-hydrogen) atoms. The Morgan fingerprint density at radius 1 is 1.24 bits per heavy atom. The van der Waals surface area contributed by atoms with Gasteiger partial charge in [0, 0.05) is 28.7 Å². The van der Waals surface area contributed by atoms with E-state index in [1.54, 1.807) is 0 Å². The quantitative estimate of drug-likeness (QED) is 0.844. The molecule has 2 aliphatic heterocycles. The maximum atomic E-state index is 11.6. The van der Waals surface area contributed by atoms with Crippen molar-refractivity contribution in [2.75, 3.05) is 10.2 Å². The van der Waals surface area contributed by atoms with Gasteiger partial charge in [0.15, 0.2) is 6.10 Å². The van der Waals surface area contributed by atoms with E-state index in [0.717, 1.165) is 12.1 Å². The van der Waals surface area contributed by atoms with Gasteiger partial charge in [0.25, 0.3) is 5.91 Å². The van der Waals surface area contributed by atoms with E-state index in [1.165, 1.54) is 11.3 Å². The molecular weight excluding hydrogens is 264 g/mol. The molecule has 0 radical (unpaired) electrons. The normalized spacial score (nSPS) is 23.0. The zero-order chi connectivity index (χ0) is 14.6. The molecule has 0 fully saturated rings. The van der Waals surface area contributed by atoms with Crippen LogP contribution in [-0.2, 0) is 11.2 Å². The number of anilines is 3. The van der Waals surface area contributed by atoms with Crippen LogP contribution < -0.4 is 10.2 Å².